The molecule has 0 atom stereocenters. The number of hydrogen-bond acceptors (Lipinski definition) is 3. The maximum Gasteiger partial charge on any atom is 0.189 e. The molecule has 3 heteroatoms. The molecule has 0 aromatic heterocycles. The lowest BCUT2D eigenvalue weighted by Gasteiger charge is -2.08. The third-order valence-corrected chi connectivity index (χ3v) is 1.75. The maximum atomic E-state index is 10.5. The van der Waals surface area contributed by atoms with Gasteiger partial charge >= 0.3 is 0 Å². The van der Waals surface area contributed by atoms with E-state index in [0.29, 0.717) is 23.8 Å². The molecule has 0 radical (unpaired) electrons. The quantitative estimate of drug-likeness (QED) is 0.409. The molecule has 0 unspecified atom stereocenters. The summed E-state index contributed by atoms with van der Waals surface area (Å²) in [5.41, 5.74) is 0.608. The van der Waals surface area contributed by atoms with Gasteiger partial charge in [0, 0.05) is 5.56 Å². The molecule has 0 saturated carbocycles. The van der Waals surface area contributed by atoms with Crippen molar-refractivity contribution in [1.82, 2.24) is 0 Å². The number of ether oxygens (including phenoxy) is 2. The molecule has 1 aromatic rings. The Hall–Kier alpha value is -1.35. The first-order chi connectivity index (χ1) is 7.22. The Balaban J connectivity index is 2.34. The van der Waals surface area contributed by atoms with Crippen molar-refractivity contribution < 1.29 is 14.3 Å². The molecule has 0 spiro atoms. The second kappa shape index (κ2) is 6.19. The number of benzene rings is 1. The first-order valence-electron chi connectivity index (χ1n) is 4.98. The number of aldehydes is 1. The SMILES string of the molecule is CC(C)COCOc1cccc(C=O)c1. The van der Waals surface area contributed by atoms with Crippen molar-refractivity contribution in [2.75, 3.05) is 13.4 Å². The average molecular weight is 208 g/mol. The molecule has 1 rings (SSSR count). The van der Waals surface area contributed by atoms with Crippen LogP contribution < -0.4 is 4.74 Å². The largest absolute Gasteiger partial charge is 0.468 e. The van der Waals surface area contributed by atoms with Crippen LogP contribution in [-0.2, 0) is 4.74 Å². The smallest absolute Gasteiger partial charge is 0.189 e. The zero-order chi connectivity index (χ0) is 11.1. The first kappa shape index (κ1) is 11.7. The third kappa shape index (κ3) is 4.61. The van der Waals surface area contributed by atoms with Crippen molar-refractivity contribution in [1.29, 1.82) is 0 Å². The zero-order valence-corrected chi connectivity index (χ0v) is 9.10. The van der Waals surface area contributed by atoms with E-state index in [9.17, 15) is 4.79 Å². The molecule has 0 heterocycles. The van der Waals surface area contributed by atoms with Crippen molar-refractivity contribution in [3.05, 3.63) is 29.8 Å². The topological polar surface area (TPSA) is 35.5 Å². The van der Waals surface area contributed by atoms with Gasteiger partial charge < -0.3 is 9.47 Å². The van der Waals surface area contributed by atoms with E-state index in [1.165, 1.54) is 0 Å². The highest BCUT2D eigenvalue weighted by molar-refractivity contribution is 5.75. The highest BCUT2D eigenvalue weighted by Crippen LogP contribution is 2.11. The molecular weight excluding hydrogens is 192 g/mol. The van der Waals surface area contributed by atoms with Crippen LogP contribution in [0.1, 0.15) is 24.2 Å². The van der Waals surface area contributed by atoms with Gasteiger partial charge in [-0.2, -0.15) is 0 Å². The summed E-state index contributed by atoms with van der Waals surface area (Å²) >= 11 is 0. The van der Waals surface area contributed by atoms with Crippen LogP contribution in [0.15, 0.2) is 24.3 Å². The van der Waals surface area contributed by atoms with Gasteiger partial charge in [-0.3, -0.25) is 4.79 Å². The summed E-state index contributed by atoms with van der Waals surface area (Å²) < 4.78 is 10.6. The van der Waals surface area contributed by atoms with Crippen molar-refractivity contribution in [2.45, 2.75) is 13.8 Å². The Morgan fingerprint density at radius 1 is 1.40 bits per heavy atom. The van der Waals surface area contributed by atoms with E-state index in [2.05, 4.69) is 13.8 Å². The van der Waals surface area contributed by atoms with Gasteiger partial charge in [0.2, 0.25) is 0 Å². The van der Waals surface area contributed by atoms with Gasteiger partial charge in [-0.15, -0.1) is 0 Å². The van der Waals surface area contributed by atoms with Gasteiger partial charge in [-0.1, -0.05) is 26.0 Å². The summed E-state index contributed by atoms with van der Waals surface area (Å²) in [6.07, 6.45) is 0.793. The molecule has 0 aliphatic rings. The normalized spacial score (nSPS) is 10.3. The van der Waals surface area contributed by atoms with Crippen LogP contribution in [0.5, 0.6) is 5.75 Å². The average Bonchev–Trinajstić information content (AvgIpc) is 2.24. The lowest BCUT2D eigenvalue weighted by atomic mass is 10.2. The molecule has 0 saturated heterocycles. The number of rotatable bonds is 6. The predicted octanol–water partition coefficient (Wildman–Crippen LogP) is 2.51. The number of carbonyl (C=O) groups excluding carboxylic acids is 1. The monoisotopic (exact) mass is 208 g/mol. The summed E-state index contributed by atoms with van der Waals surface area (Å²) in [5, 5.41) is 0. The lowest BCUT2D eigenvalue weighted by Crippen LogP contribution is -2.07. The molecule has 0 aliphatic carbocycles. The van der Waals surface area contributed by atoms with Crippen LogP contribution in [-0.4, -0.2) is 19.7 Å². The van der Waals surface area contributed by atoms with Crippen LogP contribution in [0.3, 0.4) is 0 Å². The Kier molecular flexibility index (Phi) is 4.84. The fourth-order valence-electron chi connectivity index (χ4n) is 1.07. The van der Waals surface area contributed by atoms with E-state index in [1.54, 1.807) is 24.3 Å². The van der Waals surface area contributed by atoms with E-state index < -0.39 is 0 Å². The van der Waals surface area contributed by atoms with Crippen LogP contribution >= 0.6 is 0 Å². The van der Waals surface area contributed by atoms with Crippen molar-refractivity contribution in [2.24, 2.45) is 5.92 Å². The van der Waals surface area contributed by atoms with E-state index in [-0.39, 0.29) is 6.79 Å². The second-order valence-electron chi connectivity index (χ2n) is 3.72. The van der Waals surface area contributed by atoms with E-state index in [0.717, 1.165) is 6.29 Å². The maximum absolute atomic E-state index is 10.5. The highest BCUT2D eigenvalue weighted by atomic mass is 16.7. The summed E-state index contributed by atoms with van der Waals surface area (Å²) in [5.74, 6) is 1.15. The van der Waals surface area contributed by atoms with Gasteiger partial charge in [-0.05, 0) is 18.1 Å². The summed E-state index contributed by atoms with van der Waals surface area (Å²) in [6, 6.07) is 6.99. The lowest BCUT2D eigenvalue weighted by molar-refractivity contribution is 0.00270. The minimum absolute atomic E-state index is 0.223. The van der Waals surface area contributed by atoms with Gasteiger partial charge in [0.1, 0.15) is 12.0 Å². The van der Waals surface area contributed by atoms with Gasteiger partial charge in [0.15, 0.2) is 6.79 Å². The first-order valence-corrected chi connectivity index (χ1v) is 4.98. The molecular formula is C12H16O3. The van der Waals surface area contributed by atoms with E-state index in [4.69, 9.17) is 9.47 Å². The van der Waals surface area contributed by atoms with Gasteiger partial charge in [-0.25, -0.2) is 0 Å². The second-order valence-corrected chi connectivity index (χ2v) is 3.72. The predicted molar refractivity (Wildman–Crippen MR) is 58.1 cm³/mol. The molecule has 82 valence electrons. The molecule has 15 heavy (non-hydrogen) atoms. The minimum Gasteiger partial charge on any atom is -0.468 e. The fourth-order valence-corrected chi connectivity index (χ4v) is 1.07. The van der Waals surface area contributed by atoms with Crippen LogP contribution in [0.25, 0.3) is 0 Å². The van der Waals surface area contributed by atoms with E-state index in [1.807, 2.05) is 0 Å². The Labute approximate surface area is 90.0 Å². The summed E-state index contributed by atoms with van der Waals surface area (Å²) in [7, 11) is 0. The minimum atomic E-state index is 0.223. The van der Waals surface area contributed by atoms with Crippen molar-refractivity contribution in [3.8, 4) is 5.75 Å². The van der Waals surface area contributed by atoms with Gasteiger partial charge in [0.25, 0.3) is 0 Å². The molecule has 0 amide bonds. The standard InChI is InChI=1S/C12H16O3/c1-10(2)8-14-9-15-12-5-3-4-11(6-12)7-13/h3-7,10H,8-9H2,1-2H3. The Bertz CT molecular complexity index is 307. The molecule has 0 N–H and O–H groups in total. The zero-order valence-electron chi connectivity index (χ0n) is 9.10. The van der Waals surface area contributed by atoms with Crippen molar-refractivity contribution >= 4 is 6.29 Å². The summed E-state index contributed by atoms with van der Waals surface area (Å²) in [4.78, 5) is 10.5. The third-order valence-electron chi connectivity index (χ3n) is 1.75. The molecule has 0 aliphatic heterocycles. The number of carbonyl (C=O) groups is 1. The Morgan fingerprint density at radius 2 is 2.20 bits per heavy atom. The van der Waals surface area contributed by atoms with Crippen LogP contribution in [0.4, 0.5) is 0 Å². The molecule has 3 nitrogen and oxygen atoms in total. The highest BCUT2D eigenvalue weighted by Gasteiger charge is 1.97. The molecule has 0 bridgehead atoms. The molecule has 0 fully saturated rings. The molecule has 1 aromatic carbocycles. The number of hydrogen-bond donors (Lipinski definition) is 0. The van der Waals surface area contributed by atoms with Crippen LogP contribution in [0, 0.1) is 5.92 Å². The van der Waals surface area contributed by atoms with Gasteiger partial charge in [0.05, 0.1) is 6.61 Å². The fraction of sp³-hybridized carbons (Fsp3) is 0.417. The summed E-state index contributed by atoms with van der Waals surface area (Å²) in [6.45, 7) is 5.05. The van der Waals surface area contributed by atoms with Crippen LogP contribution in [0.2, 0.25) is 0 Å². The van der Waals surface area contributed by atoms with Crippen molar-refractivity contribution in [3.63, 3.8) is 0 Å². The van der Waals surface area contributed by atoms with E-state index >= 15 is 0 Å². The Morgan fingerprint density at radius 3 is 2.87 bits per heavy atom.